The third-order valence-corrected chi connectivity index (χ3v) is 13.5. The maximum Gasteiger partial charge on any atom is 0.164 e. The van der Waals surface area contributed by atoms with Crippen molar-refractivity contribution in [3.05, 3.63) is 236 Å². The number of nitrogens with zero attached hydrogens (tertiary/aromatic N) is 4. The Labute approximate surface area is 393 Å². The van der Waals surface area contributed by atoms with Crippen LogP contribution in [-0.4, -0.2) is 15.0 Å². The zero-order valence-electron chi connectivity index (χ0n) is 36.7. The van der Waals surface area contributed by atoms with Gasteiger partial charge in [0.25, 0.3) is 0 Å². The fourth-order valence-electron chi connectivity index (χ4n) is 10.3. The van der Waals surface area contributed by atoms with Crippen molar-refractivity contribution in [2.24, 2.45) is 0 Å². The van der Waals surface area contributed by atoms with E-state index in [1.54, 1.807) is 0 Å². The summed E-state index contributed by atoms with van der Waals surface area (Å²) in [5, 5.41) is 18.1. The van der Waals surface area contributed by atoms with E-state index in [0.717, 1.165) is 50.1 Å². The van der Waals surface area contributed by atoms with Crippen molar-refractivity contribution in [1.82, 2.24) is 15.0 Å². The van der Waals surface area contributed by atoms with Gasteiger partial charge in [0.15, 0.2) is 17.5 Å². The van der Waals surface area contributed by atoms with E-state index in [4.69, 9.17) is 15.0 Å². The summed E-state index contributed by atoms with van der Waals surface area (Å²) >= 11 is 0. The first-order valence-electron chi connectivity index (χ1n) is 22.9. The SMILES string of the molecule is N#Cc1cc(-c2cccc(-c3cc4ccccc4c4ccccc34)c2)ccc1-c1cccc(-c2nc(-c3ccccc3)nc(-c3ccc(-c4ccc5c6c(cccc46)-c4ccccc4-5)cc3)n2)c1. The van der Waals surface area contributed by atoms with Crippen molar-refractivity contribution in [2.45, 2.75) is 0 Å². The highest BCUT2D eigenvalue weighted by atomic mass is 15.0. The van der Waals surface area contributed by atoms with Crippen LogP contribution in [0.15, 0.2) is 231 Å². The molecule has 4 heteroatoms. The van der Waals surface area contributed by atoms with Crippen LogP contribution in [0, 0.1) is 11.3 Å². The third-order valence-electron chi connectivity index (χ3n) is 13.5. The first-order valence-corrected chi connectivity index (χ1v) is 22.9. The zero-order chi connectivity index (χ0) is 45.1. The molecule has 1 heterocycles. The number of nitriles is 1. The van der Waals surface area contributed by atoms with Gasteiger partial charge in [-0.3, -0.25) is 0 Å². The molecule has 0 saturated heterocycles. The highest BCUT2D eigenvalue weighted by Crippen LogP contribution is 2.49. The minimum Gasteiger partial charge on any atom is -0.208 e. The molecule has 12 aromatic rings. The lowest BCUT2D eigenvalue weighted by Gasteiger charge is -2.13. The molecule has 1 aliphatic carbocycles. The summed E-state index contributed by atoms with van der Waals surface area (Å²) in [6.45, 7) is 0. The van der Waals surface area contributed by atoms with Crippen LogP contribution in [0.3, 0.4) is 0 Å². The second-order valence-corrected chi connectivity index (χ2v) is 17.4. The van der Waals surface area contributed by atoms with E-state index in [1.165, 1.54) is 65.7 Å². The first-order chi connectivity index (χ1) is 33.6. The molecule has 1 aromatic heterocycles. The van der Waals surface area contributed by atoms with Gasteiger partial charge in [0.05, 0.1) is 11.6 Å². The molecular weight excluding hydrogens is 825 g/mol. The molecular formula is C64H38N4. The maximum atomic E-state index is 10.6. The lowest BCUT2D eigenvalue weighted by molar-refractivity contribution is 1.07. The van der Waals surface area contributed by atoms with Crippen LogP contribution >= 0.6 is 0 Å². The fraction of sp³-hybridized carbons (Fsp3) is 0. The minimum absolute atomic E-state index is 0.556. The van der Waals surface area contributed by atoms with Gasteiger partial charge in [0, 0.05) is 16.7 Å². The second kappa shape index (κ2) is 16.0. The average Bonchev–Trinajstić information content (AvgIpc) is 3.75. The number of benzene rings is 11. The predicted octanol–water partition coefficient (Wildman–Crippen LogP) is 16.5. The molecule has 0 unspecified atom stereocenters. The zero-order valence-corrected chi connectivity index (χ0v) is 36.7. The summed E-state index contributed by atoms with van der Waals surface area (Å²) in [6, 6.07) is 83.3. The Morgan fingerprint density at radius 2 is 0.735 bits per heavy atom. The molecule has 0 N–H and O–H groups in total. The summed E-state index contributed by atoms with van der Waals surface area (Å²) in [6.07, 6.45) is 0. The molecule has 1 aliphatic rings. The Hall–Kier alpha value is -9.30. The quantitative estimate of drug-likeness (QED) is 0.150. The van der Waals surface area contributed by atoms with E-state index >= 15 is 0 Å². The van der Waals surface area contributed by atoms with Crippen molar-refractivity contribution in [2.75, 3.05) is 0 Å². The van der Waals surface area contributed by atoms with Gasteiger partial charge in [-0.05, 0) is 123 Å². The summed E-state index contributed by atoms with van der Waals surface area (Å²) in [5.41, 5.74) is 16.8. The van der Waals surface area contributed by atoms with Crippen molar-refractivity contribution in [1.29, 1.82) is 5.26 Å². The molecule has 68 heavy (non-hydrogen) atoms. The molecule has 0 amide bonds. The number of fused-ring (bicyclic) bond motifs is 6. The van der Waals surface area contributed by atoms with Crippen molar-refractivity contribution < 1.29 is 0 Å². The van der Waals surface area contributed by atoms with Gasteiger partial charge < -0.3 is 0 Å². The standard InChI is InChI=1S/C64H38N4/c65-39-49-36-44(43-16-10-18-46(35-43)60-38-47-15-4-5-20-51(47)53-21-6-9-24-56(53)60)31-32-50(49)45-17-11-19-48(37-45)64-67-62(41-13-2-1-3-14-41)66-63(68-64)42-29-27-40(28-30-42)52-33-34-59-55-23-8-7-22-54(55)58-26-12-25-57(52)61(58)59/h1-38H. The molecule has 0 saturated carbocycles. The molecule has 0 bridgehead atoms. The Morgan fingerprint density at radius 1 is 0.265 bits per heavy atom. The van der Waals surface area contributed by atoms with Gasteiger partial charge >= 0.3 is 0 Å². The average molecular weight is 863 g/mol. The van der Waals surface area contributed by atoms with E-state index in [9.17, 15) is 5.26 Å². The number of rotatable bonds is 7. The van der Waals surface area contributed by atoms with Gasteiger partial charge in [0.2, 0.25) is 0 Å². The van der Waals surface area contributed by atoms with Gasteiger partial charge in [0.1, 0.15) is 0 Å². The molecule has 11 aromatic carbocycles. The Morgan fingerprint density at radius 3 is 1.50 bits per heavy atom. The topological polar surface area (TPSA) is 62.5 Å². The van der Waals surface area contributed by atoms with Gasteiger partial charge in [-0.1, -0.05) is 206 Å². The van der Waals surface area contributed by atoms with Crippen molar-refractivity contribution >= 4 is 32.3 Å². The van der Waals surface area contributed by atoms with Crippen LogP contribution in [0.2, 0.25) is 0 Å². The predicted molar refractivity (Wildman–Crippen MR) is 280 cm³/mol. The summed E-state index contributed by atoms with van der Waals surface area (Å²) < 4.78 is 0. The van der Waals surface area contributed by atoms with Crippen LogP contribution in [-0.2, 0) is 0 Å². The highest BCUT2D eigenvalue weighted by Gasteiger charge is 2.23. The van der Waals surface area contributed by atoms with Crippen molar-refractivity contribution in [3.8, 4) is 107 Å². The largest absolute Gasteiger partial charge is 0.208 e. The van der Waals surface area contributed by atoms with Gasteiger partial charge in [-0.25, -0.2) is 15.0 Å². The molecule has 0 spiro atoms. The van der Waals surface area contributed by atoms with Crippen LogP contribution < -0.4 is 0 Å². The highest BCUT2D eigenvalue weighted by molar-refractivity contribution is 6.19. The van der Waals surface area contributed by atoms with Crippen LogP contribution in [0.25, 0.3) is 133 Å². The molecule has 0 aliphatic heterocycles. The van der Waals surface area contributed by atoms with Gasteiger partial charge in [-0.15, -0.1) is 0 Å². The van der Waals surface area contributed by atoms with Crippen LogP contribution in [0.1, 0.15) is 5.56 Å². The van der Waals surface area contributed by atoms with E-state index in [-0.39, 0.29) is 0 Å². The molecule has 0 fully saturated rings. The van der Waals surface area contributed by atoms with E-state index in [2.05, 4.69) is 182 Å². The lowest BCUT2D eigenvalue weighted by atomic mass is 9.91. The van der Waals surface area contributed by atoms with E-state index < -0.39 is 0 Å². The third kappa shape index (κ3) is 6.56. The van der Waals surface area contributed by atoms with Crippen molar-refractivity contribution in [3.63, 3.8) is 0 Å². The second-order valence-electron chi connectivity index (χ2n) is 17.4. The van der Waals surface area contributed by atoms with E-state index in [0.29, 0.717) is 23.0 Å². The number of hydrogen-bond acceptors (Lipinski definition) is 4. The molecule has 4 nitrogen and oxygen atoms in total. The maximum absolute atomic E-state index is 10.6. The monoisotopic (exact) mass is 862 g/mol. The Balaban J connectivity index is 0.848. The minimum atomic E-state index is 0.556. The normalized spacial score (nSPS) is 11.5. The van der Waals surface area contributed by atoms with E-state index in [1.807, 2.05) is 54.6 Å². The fourth-order valence-corrected chi connectivity index (χ4v) is 10.3. The molecule has 0 atom stereocenters. The first kappa shape index (κ1) is 39.1. The summed E-state index contributed by atoms with van der Waals surface area (Å²) in [4.78, 5) is 15.2. The summed E-state index contributed by atoms with van der Waals surface area (Å²) in [7, 11) is 0. The van der Waals surface area contributed by atoms with Crippen LogP contribution in [0.4, 0.5) is 0 Å². The number of aromatic nitrogens is 3. The molecule has 314 valence electrons. The Bertz CT molecular complexity index is 4000. The van der Waals surface area contributed by atoms with Crippen LogP contribution in [0.5, 0.6) is 0 Å². The smallest absolute Gasteiger partial charge is 0.164 e. The lowest BCUT2D eigenvalue weighted by Crippen LogP contribution is -2.00. The van der Waals surface area contributed by atoms with Gasteiger partial charge in [-0.2, -0.15) is 5.26 Å². The number of hydrogen-bond donors (Lipinski definition) is 0. The molecule has 0 radical (unpaired) electrons. The Kier molecular flexibility index (Phi) is 9.20. The molecule has 13 rings (SSSR count). The summed E-state index contributed by atoms with van der Waals surface area (Å²) in [5.74, 6) is 1.73.